The highest BCUT2D eigenvalue weighted by atomic mass is 16.6. The average molecular weight is 283 g/mol. The minimum atomic E-state index is -2.18. The van der Waals surface area contributed by atoms with E-state index in [0.29, 0.717) is 0 Å². The number of ether oxygens (including phenoxy) is 2. The lowest BCUT2D eigenvalue weighted by molar-refractivity contribution is -0.169. The minimum absolute atomic E-state index is 0.134. The van der Waals surface area contributed by atoms with Crippen molar-refractivity contribution in [2.24, 2.45) is 5.73 Å². The maximum absolute atomic E-state index is 11.5. The lowest BCUT2D eigenvalue weighted by Crippen LogP contribution is -2.43. The molecule has 0 bridgehead atoms. The highest BCUT2D eigenvalue weighted by Gasteiger charge is 2.33. The van der Waals surface area contributed by atoms with Gasteiger partial charge in [0.15, 0.2) is 18.8 Å². The molecule has 2 atom stereocenters. The highest BCUT2D eigenvalue weighted by Crippen LogP contribution is 2.10. The summed E-state index contributed by atoms with van der Waals surface area (Å²) in [5.74, 6) is -3.40. The van der Waals surface area contributed by atoms with Gasteiger partial charge in [-0.25, -0.2) is 9.59 Å². The van der Waals surface area contributed by atoms with Gasteiger partial charge in [0.05, 0.1) is 0 Å². The molecule has 20 heavy (non-hydrogen) atoms. The van der Waals surface area contributed by atoms with Gasteiger partial charge in [-0.2, -0.15) is 0 Å². The van der Waals surface area contributed by atoms with Crippen molar-refractivity contribution in [1.82, 2.24) is 0 Å². The van der Waals surface area contributed by atoms with Gasteiger partial charge in [0.25, 0.3) is 5.91 Å². The molecule has 0 saturated heterocycles. The summed E-state index contributed by atoms with van der Waals surface area (Å²) in [6.45, 7) is -0.768. The highest BCUT2D eigenvalue weighted by molar-refractivity contribution is 5.87. The quantitative estimate of drug-likeness (QED) is 0.420. The number of para-hydroxylation sites is 1. The smallest absolute Gasteiger partial charge is 0.343 e. The first kappa shape index (κ1) is 15.6. The van der Waals surface area contributed by atoms with Gasteiger partial charge in [0.1, 0.15) is 5.75 Å². The molecule has 2 unspecified atom stereocenters. The molecular weight excluding hydrogens is 270 g/mol. The second kappa shape index (κ2) is 7.22. The zero-order chi connectivity index (χ0) is 15.1. The summed E-state index contributed by atoms with van der Waals surface area (Å²) in [7, 11) is 0. The van der Waals surface area contributed by atoms with Gasteiger partial charge in [-0.15, -0.1) is 0 Å². The van der Waals surface area contributed by atoms with Crippen molar-refractivity contribution in [2.45, 2.75) is 12.2 Å². The summed E-state index contributed by atoms with van der Waals surface area (Å²) in [4.78, 5) is 33.0. The van der Waals surface area contributed by atoms with Gasteiger partial charge >= 0.3 is 11.9 Å². The van der Waals surface area contributed by atoms with E-state index in [4.69, 9.17) is 10.5 Å². The van der Waals surface area contributed by atoms with Crippen molar-refractivity contribution in [2.75, 3.05) is 6.61 Å². The molecule has 4 N–H and O–H groups in total. The van der Waals surface area contributed by atoms with Gasteiger partial charge in [-0.1, -0.05) is 18.2 Å². The first-order valence-electron chi connectivity index (χ1n) is 5.49. The van der Waals surface area contributed by atoms with Gasteiger partial charge in [-0.3, -0.25) is 4.79 Å². The van der Waals surface area contributed by atoms with E-state index in [9.17, 15) is 24.6 Å². The van der Waals surface area contributed by atoms with Crippen molar-refractivity contribution in [1.29, 1.82) is 0 Å². The molecule has 108 valence electrons. The second-order valence-corrected chi connectivity index (χ2v) is 3.70. The van der Waals surface area contributed by atoms with E-state index in [-0.39, 0.29) is 5.75 Å². The fraction of sp³-hybridized carbons (Fsp3) is 0.250. The number of rotatable bonds is 6. The number of esters is 2. The molecule has 1 aromatic carbocycles. The van der Waals surface area contributed by atoms with Crippen LogP contribution < -0.4 is 10.5 Å². The molecule has 0 aliphatic heterocycles. The van der Waals surface area contributed by atoms with Gasteiger partial charge < -0.3 is 25.4 Å². The number of primary amides is 1. The third-order valence-corrected chi connectivity index (χ3v) is 2.10. The molecular formula is C12H13NO7. The molecule has 0 fully saturated rings. The van der Waals surface area contributed by atoms with E-state index in [2.05, 4.69) is 4.74 Å². The van der Waals surface area contributed by atoms with Crippen molar-refractivity contribution in [3.63, 3.8) is 0 Å². The Kier molecular flexibility index (Phi) is 5.63. The average Bonchev–Trinajstić information content (AvgIpc) is 2.44. The van der Waals surface area contributed by atoms with E-state index in [0.717, 1.165) is 0 Å². The Balaban J connectivity index is 2.55. The van der Waals surface area contributed by atoms with Crippen LogP contribution >= 0.6 is 0 Å². The van der Waals surface area contributed by atoms with Crippen LogP contribution in [0.25, 0.3) is 0 Å². The Morgan fingerprint density at radius 2 is 1.60 bits per heavy atom. The van der Waals surface area contributed by atoms with Crippen LogP contribution in [0.4, 0.5) is 0 Å². The summed E-state index contributed by atoms with van der Waals surface area (Å²) < 4.78 is 8.98. The zero-order valence-corrected chi connectivity index (χ0v) is 10.3. The molecule has 1 rings (SSSR count). The Labute approximate surface area is 113 Å². The van der Waals surface area contributed by atoms with Crippen molar-refractivity contribution >= 4 is 17.8 Å². The monoisotopic (exact) mass is 283 g/mol. The maximum atomic E-state index is 11.5. The summed E-state index contributed by atoms with van der Waals surface area (Å²) in [6, 6.07) is 7.76. The fourth-order valence-corrected chi connectivity index (χ4v) is 1.15. The number of hydrogen-bond donors (Lipinski definition) is 3. The molecule has 8 nitrogen and oxygen atoms in total. The Morgan fingerprint density at radius 3 is 2.15 bits per heavy atom. The molecule has 1 aromatic rings. The molecule has 8 heteroatoms. The first-order chi connectivity index (χ1) is 9.41. The Bertz CT molecular complexity index is 488. The molecule has 0 aromatic heterocycles. The molecule has 0 heterocycles. The van der Waals surface area contributed by atoms with E-state index in [1.54, 1.807) is 18.2 Å². The van der Waals surface area contributed by atoms with E-state index < -0.39 is 36.7 Å². The number of carbonyl (C=O) groups is 3. The van der Waals surface area contributed by atoms with Crippen LogP contribution in [0.15, 0.2) is 30.3 Å². The predicted octanol–water partition coefficient (Wildman–Crippen LogP) is -1.66. The number of hydrogen-bond acceptors (Lipinski definition) is 7. The number of aliphatic hydroxyl groups is 2. The van der Waals surface area contributed by atoms with Crippen molar-refractivity contribution < 1.29 is 34.1 Å². The van der Waals surface area contributed by atoms with Gasteiger partial charge in [-0.05, 0) is 12.1 Å². The van der Waals surface area contributed by atoms with Crippen molar-refractivity contribution in [3.8, 4) is 5.75 Å². The third kappa shape index (κ3) is 4.67. The van der Waals surface area contributed by atoms with E-state index in [1.807, 2.05) is 0 Å². The van der Waals surface area contributed by atoms with Crippen molar-refractivity contribution in [3.05, 3.63) is 30.3 Å². The molecule has 0 saturated carbocycles. The predicted molar refractivity (Wildman–Crippen MR) is 64.2 cm³/mol. The van der Waals surface area contributed by atoms with Crippen LogP contribution in [0.3, 0.4) is 0 Å². The van der Waals surface area contributed by atoms with Crippen LogP contribution in [0.2, 0.25) is 0 Å². The lowest BCUT2D eigenvalue weighted by atomic mass is 10.2. The van der Waals surface area contributed by atoms with Crippen LogP contribution in [0.5, 0.6) is 5.75 Å². The lowest BCUT2D eigenvalue weighted by Gasteiger charge is -2.15. The summed E-state index contributed by atoms with van der Waals surface area (Å²) in [5, 5.41) is 18.8. The maximum Gasteiger partial charge on any atom is 0.343 e. The van der Waals surface area contributed by atoms with Gasteiger partial charge in [0.2, 0.25) is 0 Å². The summed E-state index contributed by atoms with van der Waals surface area (Å²) >= 11 is 0. The van der Waals surface area contributed by atoms with Crippen LogP contribution in [0.1, 0.15) is 0 Å². The third-order valence-electron chi connectivity index (χ3n) is 2.10. The summed E-state index contributed by atoms with van der Waals surface area (Å²) in [6.07, 6.45) is -4.32. The summed E-state index contributed by atoms with van der Waals surface area (Å²) in [5.41, 5.74) is 4.73. The topological polar surface area (TPSA) is 136 Å². The fourth-order valence-electron chi connectivity index (χ4n) is 1.15. The van der Waals surface area contributed by atoms with E-state index in [1.165, 1.54) is 12.1 Å². The Morgan fingerprint density at radius 1 is 1.05 bits per heavy atom. The number of carbonyl (C=O) groups excluding carboxylic acids is 3. The number of amides is 1. The Hall–Kier alpha value is -2.45. The first-order valence-corrected chi connectivity index (χ1v) is 5.49. The number of aliphatic hydroxyl groups excluding tert-OH is 2. The molecule has 0 aliphatic rings. The van der Waals surface area contributed by atoms with Crippen LogP contribution in [-0.2, 0) is 19.1 Å². The van der Waals surface area contributed by atoms with Gasteiger partial charge in [0, 0.05) is 0 Å². The largest absolute Gasteiger partial charge is 0.454 e. The zero-order valence-electron chi connectivity index (χ0n) is 10.3. The second-order valence-electron chi connectivity index (χ2n) is 3.70. The molecule has 1 amide bonds. The number of nitrogens with two attached hydrogens (primary N) is 1. The van der Waals surface area contributed by atoms with E-state index >= 15 is 0 Å². The number of benzene rings is 1. The molecule has 0 spiro atoms. The standard InChI is InChI=1S/C12H13NO7/c13-8(14)6-19-11(17)9(15)10(16)12(18)20-7-4-2-1-3-5-7/h1-5,9-10,15-16H,6H2,(H2,13,14). The normalized spacial score (nSPS) is 13.1. The molecule has 0 aliphatic carbocycles. The van der Waals surface area contributed by atoms with Crippen LogP contribution in [-0.4, -0.2) is 46.9 Å². The molecule has 0 radical (unpaired) electrons. The SMILES string of the molecule is NC(=O)COC(=O)C(O)C(O)C(=O)Oc1ccccc1. The van der Waals surface area contributed by atoms with Crippen LogP contribution in [0, 0.1) is 0 Å². The minimum Gasteiger partial charge on any atom is -0.454 e.